The zero-order valence-corrected chi connectivity index (χ0v) is 5.30. The highest BCUT2D eigenvalue weighted by Gasteiger charge is 2.25. The molecule has 0 bridgehead atoms. The monoisotopic (exact) mass is 128 g/mol. The molecule has 52 valence electrons. The molecule has 0 radical (unpaired) electrons. The molecule has 0 aromatic carbocycles. The quantitative estimate of drug-likeness (QED) is 0.305. The molecule has 0 spiro atoms. The third-order valence-corrected chi connectivity index (χ3v) is 1.63. The average Bonchev–Trinajstić information content (AvgIpc) is 1.61. The lowest BCUT2D eigenvalue weighted by Gasteiger charge is -2.38. The van der Waals surface area contributed by atoms with Crippen LogP contribution in [0.3, 0.4) is 0 Å². The van der Waals surface area contributed by atoms with E-state index in [-0.39, 0.29) is 5.96 Å². The van der Waals surface area contributed by atoms with E-state index in [2.05, 4.69) is 0 Å². The number of likely N-dealkylation sites (tertiary alicyclic amines) is 1. The van der Waals surface area contributed by atoms with E-state index < -0.39 is 0 Å². The largest absolute Gasteiger partial charge is 0.370 e. The first-order chi connectivity index (χ1) is 4.24. The molecule has 1 aliphatic heterocycles. The lowest BCUT2D eigenvalue weighted by Crippen LogP contribution is -2.54. The zero-order chi connectivity index (χ0) is 6.85. The summed E-state index contributed by atoms with van der Waals surface area (Å²) in [5.41, 5.74) is 10.5. The Morgan fingerprint density at radius 1 is 1.67 bits per heavy atom. The Kier molecular flexibility index (Phi) is 1.57. The van der Waals surface area contributed by atoms with Gasteiger partial charge in [0, 0.05) is 19.0 Å². The fraction of sp³-hybridized carbons (Fsp3) is 0.800. The van der Waals surface area contributed by atoms with Crippen LogP contribution in [-0.4, -0.2) is 30.5 Å². The van der Waals surface area contributed by atoms with Crippen molar-refractivity contribution in [2.45, 2.75) is 0 Å². The van der Waals surface area contributed by atoms with Crippen LogP contribution >= 0.6 is 0 Å². The second kappa shape index (κ2) is 2.23. The third-order valence-electron chi connectivity index (χ3n) is 1.63. The van der Waals surface area contributed by atoms with E-state index in [9.17, 15) is 0 Å². The molecule has 1 heterocycles. The molecule has 0 saturated carbocycles. The third kappa shape index (κ3) is 1.13. The van der Waals surface area contributed by atoms with Crippen LogP contribution in [0.25, 0.3) is 0 Å². The minimum absolute atomic E-state index is 0.166. The summed E-state index contributed by atoms with van der Waals surface area (Å²) in [6, 6.07) is 0. The Hall–Kier alpha value is -0.770. The summed E-state index contributed by atoms with van der Waals surface area (Å²) in [5, 5.41) is 6.98. The van der Waals surface area contributed by atoms with Crippen molar-refractivity contribution < 1.29 is 0 Å². The molecule has 0 unspecified atom stereocenters. The summed E-state index contributed by atoms with van der Waals surface area (Å²) in [7, 11) is 0. The van der Waals surface area contributed by atoms with Gasteiger partial charge in [-0.05, 0) is 6.54 Å². The smallest absolute Gasteiger partial charge is 0.188 e. The molecule has 0 amide bonds. The Bertz CT molecular complexity index is 116. The minimum Gasteiger partial charge on any atom is -0.370 e. The first kappa shape index (κ1) is 6.35. The van der Waals surface area contributed by atoms with Crippen LogP contribution < -0.4 is 11.5 Å². The second-order valence-electron chi connectivity index (χ2n) is 2.39. The maximum atomic E-state index is 6.98. The summed E-state index contributed by atoms with van der Waals surface area (Å²) >= 11 is 0. The van der Waals surface area contributed by atoms with Gasteiger partial charge in [0.2, 0.25) is 0 Å². The van der Waals surface area contributed by atoms with Gasteiger partial charge in [-0.2, -0.15) is 0 Å². The molecule has 4 heteroatoms. The van der Waals surface area contributed by atoms with Gasteiger partial charge in [0.25, 0.3) is 0 Å². The van der Waals surface area contributed by atoms with Crippen LogP contribution in [0.1, 0.15) is 0 Å². The normalized spacial score (nSPS) is 19.4. The van der Waals surface area contributed by atoms with Gasteiger partial charge >= 0.3 is 0 Å². The maximum Gasteiger partial charge on any atom is 0.188 e. The van der Waals surface area contributed by atoms with Gasteiger partial charge in [0.1, 0.15) is 0 Å². The first-order valence-corrected chi connectivity index (χ1v) is 3.03. The molecular formula is C5H12N4. The lowest BCUT2D eigenvalue weighted by molar-refractivity contribution is 0.191. The van der Waals surface area contributed by atoms with Crippen LogP contribution in [0.2, 0.25) is 0 Å². The summed E-state index contributed by atoms with van der Waals surface area (Å²) in [6.07, 6.45) is 0. The van der Waals surface area contributed by atoms with Gasteiger partial charge in [-0.1, -0.05) is 0 Å². The van der Waals surface area contributed by atoms with Gasteiger partial charge in [0.05, 0.1) is 0 Å². The molecule has 1 fully saturated rings. The fourth-order valence-electron chi connectivity index (χ4n) is 0.916. The van der Waals surface area contributed by atoms with Crippen molar-refractivity contribution in [3.05, 3.63) is 0 Å². The van der Waals surface area contributed by atoms with E-state index in [1.807, 2.05) is 0 Å². The highest BCUT2D eigenvalue weighted by atomic mass is 15.3. The summed E-state index contributed by atoms with van der Waals surface area (Å²) < 4.78 is 0. The van der Waals surface area contributed by atoms with E-state index in [0.29, 0.717) is 12.5 Å². The van der Waals surface area contributed by atoms with Gasteiger partial charge < -0.3 is 16.4 Å². The standard InChI is InChI=1S/C5H12N4/c6-1-4-2-9(3-4)5(7)8/h4H,1-3,6H2,(H3,7,8). The first-order valence-electron chi connectivity index (χ1n) is 3.03. The highest BCUT2D eigenvalue weighted by Crippen LogP contribution is 2.11. The molecule has 0 atom stereocenters. The van der Waals surface area contributed by atoms with E-state index >= 15 is 0 Å². The lowest BCUT2D eigenvalue weighted by atomic mass is 10.0. The van der Waals surface area contributed by atoms with Gasteiger partial charge in [-0.25, -0.2) is 0 Å². The number of guanidine groups is 1. The fourth-order valence-corrected chi connectivity index (χ4v) is 0.916. The highest BCUT2D eigenvalue weighted by molar-refractivity contribution is 5.75. The minimum atomic E-state index is 0.166. The van der Waals surface area contributed by atoms with Crippen LogP contribution in [0.4, 0.5) is 0 Å². The maximum absolute atomic E-state index is 6.98. The van der Waals surface area contributed by atoms with Gasteiger partial charge in [-0.3, -0.25) is 5.41 Å². The van der Waals surface area contributed by atoms with Crippen LogP contribution in [0.15, 0.2) is 0 Å². The van der Waals surface area contributed by atoms with Crippen LogP contribution in [0, 0.1) is 11.3 Å². The molecule has 0 aromatic rings. The zero-order valence-electron chi connectivity index (χ0n) is 5.30. The van der Waals surface area contributed by atoms with Crippen molar-refractivity contribution >= 4 is 5.96 Å². The number of rotatable bonds is 1. The Morgan fingerprint density at radius 2 is 2.22 bits per heavy atom. The molecule has 9 heavy (non-hydrogen) atoms. The molecule has 1 rings (SSSR count). The summed E-state index contributed by atoms with van der Waals surface area (Å²) in [6.45, 7) is 2.45. The van der Waals surface area contributed by atoms with Gasteiger partial charge in [-0.15, -0.1) is 0 Å². The number of nitrogens with two attached hydrogens (primary N) is 2. The molecule has 4 nitrogen and oxygen atoms in total. The number of nitrogens with zero attached hydrogens (tertiary/aromatic N) is 1. The molecule has 1 aliphatic rings. The topological polar surface area (TPSA) is 79.1 Å². The second-order valence-corrected chi connectivity index (χ2v) is 2.39. The van der Waals surface area contributed by atoms with Crippen LogP contribution in [-0.2, 0) is 0 Å². The average molecular weight is 128 g/mol. The van der Waals surface area contributed by atoms with E-state index in [1.54, 1.807) is 4.90 Å². The van der Waals surface area contributed by atoms with Crippen molar-refractivity contribution in [3.8, 4) is 0 Å². The van der Waals surface area contributed by atoms with Crippen molar-refractivity contribution in [2.75, 3.05) is 19.6 Å². The number of hydrogen-bond acceptors (Lipinski definition) is 2. The van der Waals surface area contributed by atoms with E-state index in [0.717, 1.165) is 13.1 Å². The predicted octanol–water partition coefficient (Wildman–Crippen LogP) is -1.23. The van der Waals surface area contributed by atoms with Crippen molar-refractivity contribution in [1.82, 2.24) is 4.90 Å². The molecule has 1 saturated heterocycles. The Labute approximate surface area is 54.3 Å². The summed E-state index contributed by atoms with van der Waals surface area (Å²) in [4.78, 5) is 1.80. The predicted molar refractivity (Wildman–Crippen MR) is 36.0 cm³/mol. The Balaban J connectivity index is 2.19. The summed E-state index contributed by atoms with van der Waals surface area (Å²) in [5.74, 6) is 0.730. The van der Waals surface area contributed by atoms with Gasteiger partial charge in [0.15, 0.2) is 5.96 Å². The molecule has 5 N–H and O–H groups in total. The molecule has 0 aliphatic carbocycles. The molecule has 0 aromatic heterocycles. The van der Waals surface area contributed by atoms with Crippen molar-refractivity contribution in [1.29, 1.82) is 5.41 Å². The number of hydrogen-bond donors (Lipinski definition) is 3. The van der Waals surface area contributed by atoms with Crippen LogP contribution in [0.5, 0.6) is 0 Å². The van der Waals surface area contributed by atoms with E-state index in [4.69, 9.17) is 16.9 Å². The SMILES string of the molecule is N=C(N)N1CC(CN)C1. The van der Waals surface area contributed by atoms with Crippen molar-refractivity contribution in [2.24, 2.45) is 17.4 Å². The van der Waals surface area contributed by atoms with Crippen molar-refractivity contribution in [3.63, 3.8) is 0 Å². The molecular weight excluding hydrogens is 116 g/mol. The van der Waals surface area contributed by atoms with E-state index in [1.165, 1.54) is 0 Å². The number of nitrogens with one attached hydrogen (secondary N) is 1. The Morgan fingerprint density at radius 3 is 2.56 bits per heavy atom.